The van der Waals surface area contributed by atoms with Crippen LogP contribution in [0.1, 0.15) is 29.8 Å². The van der Waals surface area contributed by atoms with Gasteiger partial charge < -0.3 is 15.0 Å². The van der Waals surface area contributed by atoms with Crippen LogP contribution in [0.2, 0.25) is 0 Å². The van der Waals surface area contributed by atoms with Crippen LogP contribution >= 0.6 is 0 Å². The number of anilines is 1. The molecule has 2 aromatic carbocycles. The average molecular weight is 384 g/mol. The summed E-state index contributed by atoms with van der Waals surface area (Å²) in [6.45, 7) is 7.00. The molecule has 0 aromatic heterocycles. The highest BCUT2D eigenvalue weighted by atomic mass is 19.1. The summed E-state index contributed by atoms with van der Waals surface area (Å²) in [6.07, 6.45) is 2.96. The van der Waals surface area contributed by atoms with Crippen molar-refractivity contribution in [3.05, 3.63) is 71.6 Å². The summed E-state index contributed by atoms with van der Waals surface area (Å²) in [5.74, 6) is -1.03. The Balaban J connectivity index is 1.83. The first-order chi connectivity index (χ1) is 13.5. The zero-order chi connectivity index (χ0) is 20.4. The smallest absolute Gasteiger partial charge is 0.338 e. The topological polar surface area (TPSA) is 58.6 Å². The maximum absolute atomic E-state index is 12.9. The fourth-order valence-corrected chi connectivity index (χ4v) is 2.51. The monoisotopic (exact) mass is 384 g/mol. The highest BCUT2D eigenvalue weighted by Crippen LogP contribution is 2.11. The number of benzene rings is 2. The second kappa shape index (κ2) is 11.0. The van der Waals surface area contributed by atoms with Gasteiger partial charge in [-0.15, -0.1) is 0 Å². The van der Waals surface area contributed by atoms with Crippen LogP contribution in [0.5, 0.6) is 0 Å². The van der Waals surface area contributed by atoms with E-state index in [2.05, 4.69) is 24.1 Å². The van der Waals surface area contributed by atoms with Crippen molar-refractivity contribution in [2.45, 2.75) is 13.8 Å². The molecule has 0 unspecified atom stereocenters. The second-order valence-corrected chi connectivity index (χ2v) is 6.11. The highest BCUT2D eigenvalue weighted by molar-refractivity contribution is 6.02. The molecule has 0 aliphatic rings. The summed E-state index contributed by atoms with van der Waals surface area (Å²) >= 11 is 0. The molecule has 2 aromatic rings. The SMILES string of the molecule is CCN(CC)CCOC(=O)c1ccc(NC(=O)/C=C/c2ccc(F)cc2)cc1. The predicted octanol–water partition coefficient (Wildman–Crippen LogP) is 3.98. The summed E-state index contributed by atoms with van der Waals surface area (Å²) in [6, 6.07) is 12.3. The van der Waals surface area contributed by atoms with E-state index in [-0.39, 0.29) is 17.7 Å². The molecular weight excluding hydrogens is 359 g/mol. The van der Waals surface area contributed by atoms with E-state index in [4.69, 9.17) is 4.74 Å². The lowest BCUT2D eigenvalue weighted by atomic mass is 10.2. The molecule has 1 amide bonds. The molecule has 0 aliphatic carbocycles. The zero-order valence-corrected chi connectivity index (χ0v) is 16.2. The Morgan fingerprint density at radius 2 is 1.68 bits per heavy atom. The first-order valence-corrected chi connectivity index (χ1v) is 9.26. The number of ether oxygens (including phenoxy) is 1. The van der Waals surface area contributed by atoms with E-state index in [9.17, 15) is 14.0 Å². The van der Waals surface area contributed by atoms with E-state index in [1.807, 2.05) is 0 Å². The lowest BCUT2D eigenvalue weighted by Crippen LogP contribution is -2.27. The number of halogens is 1. The van der Waals surface area contributed by atoms with Crippen molar-refractivity contribution in [2.24, 2.45) is 0 Å². The van der Waals surface area contributed by atoms with Gasteiger partial charge in [-0.1, -0.05) is 26.0 Å². The van der Waals surface area contributed by atoms with Crippen molar-refractivity contribution in [3.63, 3.8) is 0 Å². The maximum atomic E-state index is 12.9. The van der Waals surface area contributed by atoms with E-state index in [0.717, 1.165) is 18.7 Å². The number of nitrogens with one attached hydrogen (secondary N) is 1. The fraction of sp³-hybridized carbons (Fsp3) is 0.273. The minimum atomic E-state index is -0.388. The van der Waals surface area contributed by atoms with Crippen LogP contribution in [0.15, 0.2) is 54.6 Å². The van der Waals surface area contributed by atoms with Gasteiger partial charge in [-0.3, -0.25) is 4.79 Å². The van der Waals surface area contributed by atoms with Gasteiger partial charge in [-0.25, -0.2) is 9.18 Å². The number of esters is 1. The van der Waals surface area contributed by atoms with Crippen molar-refractivity contribution in [2.75, 3.05) is 31.6 Å². The Morgan fingerprint density at radius 3 is 2.29 bits per heavy atom. The van der Waals surface area contributed by atoms with Crippen LogP contribution in [-0.4, -0.2) is 43.0 Å². The lowest BCUT2D eigenvalue weighted by Gasteiger charge is -2.17. The summed E-state index contributed by atoms with van der Waals surface area (Å²) in [4.78, 5) is 26.2. The number of rotatable bonds is 9. The normalized spacial score (nSPS) is 11.0. The number of amides is 1. The molecule has 0 fully saturated rings. The molecule has 28 heavy (non-hydrogen) atoms. The van der Waals surface area contributed by atoms with Gasteiger partial charge in [0.2, 0.25) is 5.91 Å². The summed E-state index contributed by atoms with van der Waals surface area (Å²) in [7, 11) is 0. The van der Waals surface area contributed by atoms with Crippen molar-refractivity contribution >= 4 is 23.6 Å². The molecule has 2 rings (SSSR count). The van der Waals surface area contributed by atoms with Crippen LogP contribution < -0.4 is 5.32 Å². The number of likely N-dealkylation sites (N-methyl/N-ethyl adjacent to an activating group) is 1. The van der Waals surface area contributed by atoms with Crippen LogP contribution in [0.25, 0.3) is 6.08 Å². The van der Waals surface area contributed by atoms with Gasteiger partial charge >= 0.3 is 5.97 Å². The van der Waals surface area contributed by atoms with Gasteiger partial charge in [-0.2, -0.15) is 0 Å². The molecule has 148 valence electrons. The van der Waals surface area contributed by atoms with Crippen LogP contribution in [0.4, 0.5) is 10.1 Å². The Hall–Kier alpha value is -2.99. The van der Waals surface area contributed by atoms with Crippen LogP contribution in [-0.2, 0) is 9.53 Å². The third kappa shape index (κ3) is 6.96. The van der Waals surface area contributed by atoms with E-state index in [0.29, 0.717) is 24.4 Å². The number of nitrogens with zero attached hydrogens (tertiary/aromatic N) is 1. The molecule has 1 N–H and O–H groups in total. The number of hydrogen-bond donors (Lipinski definition) is 1. The highest BCUT2D eigenvalue weighted by Gasteiger charge is 2.08. The largest absolute Gasteiger partial charge is 0.461 e. The molecule has 5 nitrogen and oxygen atoms in total. The molecule has 0 saturated heterocycles. The molecule has 0 aliphatic heterocycles. The molecule has 0 saturated carbocycles. The number of carbonyl (C=O) groups excluding carboxylic acids is 2. The zero-order valence-electron chi connectivity index (χ0n) is 16.2. The number of hydrogen-bond acceptors (Lipinski definition) is 4. The minimum Gasteiger partial charge on any atom is -0.461 e. The van der Waals surface area contributed by atoms with Crippen molar-refractivity contribution < 1.29 is 18.7 Å². The summed E-state index contributed by atoms with van der Waals surface area (Å²) in [5.41, 5.74) is 1.72. The van der Waals surface area contributed by atoms with Gasteiger partial charge in [0.1, 0.15) is 12.4 Å². The van der Waals surface area contributed by atoms with E-state index in [1.165, 1.54) is 18.2 Å². The molecule has 6 heteroatoms. The lowest BCUT2D eigenvalue weighted by molar-refractivity contribution is -0.111. The quantitative estimate of drug-likeness (QED) is 0.525. The predicted molar refractivity (Wildman–Crippen MR) is 109 cm³/mol. The molecule has 0 atom stereocenters. The van der Waals surface area contributed by atoms with Gasteiger partial charge in [-0.05, 0) is 61.1 Å². The van der Waals surface area contributed by atoms with Gasteiger partial charge in [0.05, 0.1) is 5.56 Å². The van der Waals surface area contributed by atoms with Gasteiger partial charge in [0, 0.05) is 18.3 Å². The third-order valence-corrected chi connectivity index (χ3v) is 4.22. The molecule has 0 radical (unpaired) electrons. The third-order valence-electron chi connectivity index (χ3n) is 4.22. The molecule has 0 bridgehead atoms. The van der Waals surface area contributed by atoms with Gasteiger partial charge in [0.25, 0.3) is 0 Å². The first-order valence-electron chi connectivity index (χ1n) is 9.26. The Morgan fingerprint density at radius 1 is 1.04 bits per heavy atom. The Labute approximate surface area is 164 Å². The van der Waals surface area contributed by atoms with Crippen LogP contribution in [0, 0.1) is 5.82 Å². The summed E-state index contributed by atoms with van der Waals surface area (Å²) in [5, 5.41) is 2.70. The number of carbonyl (C=O) groups is 2. The first kappa shape index (κ1) is 21.3. The molecular formula is C22H25FN2O3. The Kier molecular flexibility index (Phi) is 8.37. The van der Waals surface area contributed by atoms with Crippen molar-refractivity contribution in [1.82, 2.24) is 4.90 Å². The standard InChI is InChI=1S/C22H25FN2O3/c1-3-25(4-2)15-16-28-22(27)18-8-12-20(13-9-18)24-21(26)14-7-17-5-10-19(23)11-6-17/h5-14H,3-4,15-16H2,1-2H3,(H,24,26)/b14-7+. The van der Waals surface area contributed by atoms with Crippen LogP contribution in [0.3, 0.4) is 0 Å². The van der Waals surface area contributed by atoms with Crippen molar-refractivity contribution in [3.8, 4) is 0 Å². The van der Waals surface area contributed by atoms with E-state index in [1.54, 1.807) is 42.5 Å². The van der Waals surface area contributed by atoms with Gasteiger partial charge in [0.15, 0.2) is 0 Å². The molecule has 0 heterocycles. The second-order valence-electron chi connectivity index (χ2n) is 6.11. The average Bonchev–Trinajstić information content (AvgIpc) is 2.71. The molecule has 0 spiro atoms. The fourth-order valence-electron chi connectivity index (χ4n) is 2.51. The maximum Gasteiger partial charge on any atom is 0.338 e. The van der Waals surface area contributed by atoms with E-state index < -0.39 is 0 Å². The Bertz CT molecular complexity index is 798. The van der Waals surface area contributed by atoms with E-state index >= 15 is 0 Å². The minimum absolute atomic E-state index is 0.320. The summed E-state index contributed by atoms with van der Waals surface area (Å²) < 4.78 is 18.1. The van der Waals surface area contributed by atoms with Crippen molar-refractivity contribution in [1.29, 1.82) is 0 Å².